The van der Waals surface area contributed by atoms with Crippen molar-refractivity contribution >= 4 is 11.7 Å². The van der Waals surface area contributed by atoms with Crippen LogP contribution in [0, 0.1) is 17.8 Å². The lowest BCUT2D eigenvalue weighted by atomic mass is 9.94. The Balaban J connectivity index is 2.83. The quantitative estimate of drug-likeness (QED) is 0.495. The third-order valence-corrected chi connectivity index (χ3v) is 5.23. The maximum Gasteiger partial charge on any atom is 0.242 e. The first-order chi connectivity index (χ1) is 13.6. The summed E-state index contributed by atoms with van der Waals surface area (Å²) in [5.41, 5.74) is 2.07. The van der Waals surface area contributed by atoms with Gasteiger partial charge < -0.3 is 15.4 Å². The Bertz CT molecular complexity index is 652. The molecular formula is C25H40N2O2. The van der Waals surface area contributed by atoms with Gasteiger partial charge in [0.1, 0.15) is 11.8 Å². The van der Waals surface area contributed by atoms with Crippen molar-refractivity contribution in [2.75, 3.05) is 0 Å². The number of amides is 1. The minimum absolute atomic E-state index is 0.0256. The lowest BCUT2D eigenvalue weighted by Gasteiger charge is -2.29. The van der Waals surface area contributed by atoms with Gasteiger partial charge in [-0.15, -0.1) is 0 Å². The van der Waals surface area contributed by atoms with Crippen LogP contribution < -0.4 is 10.6 Å². The number of Topliss-reactive ketones (excluding diaryl/α,β-unsaturated/α-hetero) is 1. The summed E-state index contributed by atoms with van der Waals surface area (Å²) in [7, 11) is 0. The minimum Gasteiger partial charge on any atom is -0.377 e. The van der Waals surface area contributed by atoms with Crippen molar-refractivity contribution in [3.05, 3.63) is 48.2 Å². The fourth-order valence-corrected chi connectivity index (χ4v) is 3.52. The predicted molar refractivity (Wildman–Crippen MR) is 122 cm³/mol. The van der Waals surface area contributed by atoms with Gasteiger partial charge in [-0.1, -0.05) is 71.5 Å². The average molecular weight is 401 g/mol. The molecule has 0 spiro atoms. The molecule has 3 unspecified atom stereocenters. The van der Waals surface area contributed by atoms with Crippen molar-refractivity contribution in [1.82, 2.24) is 10.6 Å². The van der Waals surface area contributed by atoms with E-state index in [1.54, 1.807) is 6.92 Å². The summed E-state index contributed by atoms with van der Waals surface area (Å²) in [6, 6.07) is 9.68. The Morgan fingerprint density at radius 3 is 2.14 bits per heavy atom. The third-order valence-electron chi connectivity index (χ3n) is 5.23. The molecule has 1 amide bonds. The number of rotatable bonds is 13. The molecule has 0 aliphatic heterocycles. The Morgan fingerprint density at radius 2 is 1.62 bits per heavy atom. The van der Waals surface area contributed by atoms with Crippen molar-refractivity contribution in [2.45, 2.75) is 79.3 Å². The van der Waals surface area contributed by atoms with E-state index in [1.165, 1.54) is 0 Å². The molecular weight excluding hydrogens is 360 g/mol. The van der Waals surface area contributed by atoms with Crippen molar-refractivity contribution in [1.29, 1.82) is 0 Å². The molecule has 4 heteroatoms. The molecule has 0 saturated heterocycles. The van der Waals surface area contributed by atoms with Crippen molar-refractivity contribution in [3.63, 3.8) is 0 Å². The summed E-state index contributed by atoms with van der Waals surface area (Å²) >= 11 is 0. The van der Waals surface area contributed by atoms with E-state index in [9.17, 15) is 9.59 Å². The lowest BCUT2D eigenvalue weighted by molar-refractivity contribution is -0.125. The number of allylic oxidation sites excluding steroid dienone is 1. The molecule has 1 aromatic rings. The Kier molecular flexibility index (Phi) is 10.7. The van der Waals surface area contributed by atoms with Gasteiger partial charge in [0.15, 0.2) is 0 Å². The third kappa shape index (κ3) is 9.78. The molecule has 0 aliphatic carbocycles. The minimum atomic E-state index is -0.340. The molecule has 0 aliphatic rings. The fourth-order valence-electron chi connectivity index (χ4n) is 3.52. The van der Waals surface area contributed by atoms with Crippen LogP contribution in [0.15, 0.2) is 42.6 Å². The van der Waals surface area contributed by atoms with E-state index in [0.717, 1.165) is 24.1 Å². The molecule has 3 atom stereocenters. The van der Waals surface area contributed by atoms with Gasteiger partial charge in [-0.2, -0.15) is 0 Å². The second kappa shape index (κ2) is 12.5. The van der Waals surface area contributed by atoms with Crippen LogP contribution in [0.4, 0.5) is 0 Å². The van der Waals surface area contributed by atoms with Crippen LogP contribution in [0.25, 0.3) is 0 Å². The first-order valence-corrected chi connectivity index (χ1v) is 10.9. The first kappa shape index (κ1) is 24.9. The zero-order chi connectivity index (χ0) is 22.0. The number of hydrogen-bond donors (Lipinski definition) is 2. The van der Waals surface area contributed by atoms with E-state index in [-0.39, 0.29) is 29.7 Å². The van der Waals surface area contributed by atoms with Gasteiger partial charge >= 0.3 is 0 Å². The van der Waals surface area contributed by atoms with Crippen molar-refractivity contribution in [3.8, 4) is 0 Å². The van der Waals surface area contributed by atoms with E-state index >= 15 is 0 Å². The zero-order valence-electron chi connectivity index (χ0n) is 19.1. The van der Waals surface area contributed by atoms with Crippen LogP contribution >= 0.6 is 0 Å². The van der Waals surface area contributed by atoms with Crippen molar-refractivity contribution in [2.24, 2.45) is 17.8 Å². The summed E-state index contributed by atoms with van der Waals surface area (Å²) < 4.78 is 0. The van der Waals surface area contributed by atoms with Gasteiger partial charge in [0.2, 0.25) is 5.91 Å². The Hall–Kier alpha value is -2.10. The normalized spacial score (nSPS) is 14.3. The van der Waals surface area contributed by atoms with Gasteiger partial charge in [0, 0.05) is 18.2 Å². The summed E-state index contributed by atoms with van der Waals surface area (Å²) in [6.07, 6.45) is 2.87. The highest BCUT2D eigenvalue weighted by atomic mass is 16.2. The van der Waals surface area contributed by atoms with Crippen LogP contribution in [0.5, 0.6) is 0 Å². The molecule has 0 bridgehead atoms. The zero-order valence-corrected chi connectivity index (χ0v) is 19.1. The molecule has 162 valence electrons. The molecule has 0 heterocycles. The molecule has 0 fully saturated rings. The van der Waals surface area contributed by atoms with E-state index < -0.39 is 0 Å². The van der Waals surface area contributed by atoms with Gasteiger partial charge in [-0.3, -0.25) is 4.79 Å². The van der Waals surface area contributed by atoms with Crippen molar-refractivity contribution < 1.29 is 9.59 Å². The molecule has 4 nitrogen and oxygen atoms in total. The average Bonchev–Trinajstić information content (AvgIpc) is 2.63. The van der Waals surface area contributed by atoms with Gasteiger partial charge in [-0.25, -0.2) is 0 Å². The number of carbonyl (C=O) groups excluding carboxylic acids is 2. The summed E-state index contributed by atoms with van der Waals surface area (Å²) in [5, 5.41) is 6.57. The van der Waals surface area contributed by atoms with Gasteiger partial charge in [0.05, 0.1) is 0 Å². The number of benzene rings is 1. The van der Waals surface area contributed by atoms with E-state index in [1.807, 2.05) is 32.0 Å². The second-order valence-corrected chi connectivity index (χ2v) is 9.06. The van der Waals surface area contributed by atoms with E-state index in [4.69, 9.17) is 0 Å². The van der Waals surface area contributed by atoms with E-state index in [0.29, 0.717) is 24.7 Å². The fraction of sp³-hybridized carbons (Fsp3) is 0.600. The maximum absolute atomic E-state index is 13.1. The first-order valence-electron chi connectivity index (χ1n) is 10.9. The molecule has 0 saturated carbocycles. The van der Waals surface area contributed by atoms with E-state index in [2.05, 4.69) is 50.1 Å². The highest BCUT2D eigenvalue weighted by Crippen LogP contribution is 2.18. The van der Waals surface area contributed by atoms with Crippen LogP contribution in [-0.4, -0.2) is 23.8 Å². The lowest BCUT2D eigenvalue weighted by Crippen LogP contribution is -2.51. The molecule has 0 radical (unpaired) electrons. The van der Waals surface area contributed by atoms with Gasteiger partial charge in [0.25, 0.3) is 0 Å². The van der Waals surface area contributed by atoms with Crippen LogP contribution in [-0.2, 0) is 16.0 Å². The van der Waals surface area contributed by atoms with Crippen LogP contribution in [0.1, 0.15) is 66.4 Å². The highest BCUT2D eigenvalue weighted by Gasteiger charge is 2.26. The maximum atomic E-state index is 13.1. The summed E-state index contributed by atoms with van der Waals surface area (Å²) in [4.78, 5) is 24.6. The topological polar surface area (TPSA) is 58.2 Å². The largest absolute Gasteiger partial charge is 0.377 e. The summed E-state index contributed by atoms with van der Waals surface area (Å²) in [6.45, 7) is 16.4. The predicted octanol–water partition coefficient (Wildman–Crippen LogP) is 4.89. The van der Waals surface area contributed by atoms with Crippen LogP contribution in [0.2, 0.25) is 0 Å². The number of ketones is 1. The molecule has 1 aromatic carbocycles. The standard InChI is InChI=1S/C25H40N2O2/c1-17(2)15-19(5)21(7)26-24(18(3)4)25(29)27-23(14-13-20(6)28)16-22-11-9-8-10-12-22/h8-12,17-19,23-24,26H,7,13-16H2,1-6H3,(H,27,29). The molecule has 1 rings (SSSR count). The highest BCUT2D eigenvalue weighted by molar-refractivity contribution is 5.82. The molecule has 29 heavy (non-hydrogen) atoms. The molecule has 0 aromatic heterocycles. The summed E-state index contributed by atoms with van der Waals surface area (Å²) in [5.74, 6) is 1.14. The number of nitrogens with one attached hydrogen (secondary N) is 2. The molecule has 2 N–H and O–H groups in total. The monoisotopic (exact) mass is 400 g/mol. The SMILES string of the molecule is C=C(NC(C(=O)NC(CCC(C)=O)Cc1ccccc1)C(C)C)C(C)CC(C)C. The van der Waals surface area contributed by atoms with Crippen LogP contribution in [0.3, 0.4) is 0 Å². The smallest absolute Gasteiger partial charge is 0.242 e. The number of hydrogen-bond acceptors (Lipinski definition) is 3. The second-order valence-electron chi connectivity index (χ2n) is 9.06. The Morgan fingerprint density at radius 1 is 1.00 bits per heavy atom. The number of carbonyl (C=O) groups is 2. The Labute approximate surface area is 177 Å². The van der Waals surface area contributed by atoms with Gasteiger partial charge in [-0.05, 0) is 49.5 Å².